The molecule has 0 bridgehead atoms. The van der Waals surface area contributed by atoms with E-state index in [0.717, 1.165) is 30.5 Å². The Bertz CT molecular complexity index is 485. The summed E-state index contributed by atoms with van der Waals surface area (Å²) in [5.74, 6) is 1.51. The molecule has 1 fully saturated rings. The van der Waals surface area contributed by atoms with Crippen molar-refractivity contribution < 1.29 is 4.39 Å². The van der Waals surface area contributed by atoms with Gasteiger partial charge in [0.25, 0.3) is 0 Å². The predicted molar refractivity (Wildman–Crippen MR) is 81.3 cm³/mol. The van der Waals surface area contributed by atoms with Crippen molar-refractivity contribution in [1.29, 1.82) is 0 Å². The van der Waals surface area contributed by atoms with Crippen molar-refractivity contribution in [3.05, 3.63) is 35.1 Å². The van der Waals surface area contributed by atoms with Crippen molar-refractivity contribution in [3.63, 3.8) is 0 Å². The van der Waals surface area contributed by atoms with E-state index in [1.165, 1.54) is 18.9 Å². The molecule has 1 saturated heterocycles. The molecule has 1 aliphatic heterocycles. The molecule has 1 aromatic carbocycles. The highest BCUT2D eigenvalue weighted by Crippen LogP contribution is 2.15. The number of nitrogens with zero attached hydrogens (tertiary/aromatic N) is 2. The number of aryl methyl sites for hydroxylation is 1. The molecule has 1 unspecified atom stereocenters. The molecule has 1 heterocycles. The number of halogens is 1. The smallest absolute Gasteiger partial charge is 0.193 e. The van der Waals surface area contributed by atoms with Gasteiger partial charge in [-0.2, -0.15) is 0 Å². The Kier molecular flexibility index (Phi) is 4.99. The average Bonchev–Trinajstić information content (AvgIpc) is 2.43. The molecule has 3 nitrogen and oxygen atoms in total. The second kappa shape index (κ2) is 6.73. The van der Waals surface area contributed by atoms with Crippen LogP contribution in [-0.2, 0) is 6.54 Å². The highest BCUT2D eigenvalue weighted by molar-refractivity contribution is 5.79. The first-order chi connectivity index (χ1) is 9.60. The van der Waals surface area contributed by atoms with Crippen molar-refractivity contribution in [2.24, 2.45) is 10.9 Å². The van der Waals surface area contributed by atoms with Crippen LogP contribution >= 0.6 is 0 Å². The number of hydrogen-bond donors (Lipinski definition) is 1. The Balaban J connectivity index is 1.95. The van der Waals surface area contributed by atoms with Gasteiger partial charge in [-0.1, -0.05) is 19.1 Å². The van der Waals surface area contributed by atoms with Crippen LogP contribution in [-0.4, -0.2) is 31.0 Å². The van der Waals surface area contributed by atoms with Gasteiger partial charge in [-0.3, -0.25) is 4.99 Å². The summed E-state index contributed by atoms with van der Waals surface area (Å²) in [6.07, 6.45) is 2.52. The molecule has 0 amide bonds. The van der Waals surface area contributed by atoms with Crippen LogP contribution in [0.5, 0.6) is 0 Å². The highest BCUT2D eigenvalue weighted by atomic mass is 19.1. The van der Waals surface area contributed by atoms with Crippen LogP contribution in [0.25, 0.3) is 0 Å². The van der Waals surface area contributed by atoms with Crippen LogP contribution in [0, 0.1) is 18.7 Å². The van der Waals surface area contributed by atoms with Gasteiger partial charge in [0.1, 0.15) is 5.82 Å². The Hall–Kier alpha value is -1.58. The first-order valence-corrected chi connectivity index (χ1v) is 7.30. The molecule has 0 saturated carbocycles. The molecular formula is C16H24FN3. The Morgan fingerprint density at radius 3 is 2.95 bits per heavy atom. The zero-order chi connectivity index (χ0) is 14.5. The lowest BCUT2D eigenvalue weighted by Gasteiger charge is -2.33. The monoisotopic (exact) mass is 277 g/mol. The van der Waals surface area contributed by atoms with Crippen LogP contribution in [0.4, 0.5) is 4.39 Å². The van der Waals surface area contributed by atoms with Crippen LogP contribution in [0.2, 0.25) is 0 Å². The van der Waals surface area contributed by atoms with E-state index >= 15 is 0 Å². The standard InChI is InChI=1S/C16H24FN3/c1-12-5-4-8-20(11-12)16(18-3)19-10-14-6-7-15(17)13(2)9-14/h6-7,9,12H,4-5,8,10-11H2,1-3H3,(H,18,19). The van der Waals surface area contributed by atoms with Crippen LogP contribution in [0.3, 0.4) is 0 Å². The summed E-state index contributed by atoms with van der Waals surface area (Å²) in [6.45, 7) is 6.87. The minimum absolute atomic E-state index is 0.150. The average molecular weight is 277 g/mol. The van der Waals surface area contributed by atoms with Gasteiger partial charge in [-0.05, 0) is 42.9 Å². The van der Waals surface area contributed by atoms with E-state index in [2.05, 4.69) is 22.1 Å². The first kappa shape index (κ1) is 14.8. The fraction of sp³-hybridized carbons (Fsp3) is 0.562. The Morgan fingerprint density at radius 1 is 1.50 bits per heavy atom. The summed E-state index contributed by atoms with van der Waals surface area (Å²) in [5, 5.41) is 3.38. The van der Waals surface area contributed by atoms with Crippen molar-refractivity contribution in [1.82, 2.24) is 10.2 Å². The molecule has 20 heavy (non-hydrogen) atoms. The maximum absolute atomic E-state index is 13.2. The van der Waals surface area contributed by atoms with E-state index in [1.54, 1.807) is 6.92 Å². The van der Waals surface area contributed by atoms with E-state index in [9.17, 15) is 4.39 Å². The zero-order valence-electron chi connectivity index (χ0n) is 12.6. The molecule has 0 aromatic heterocycles. The number of rotatable bonds is 2. The lowest BCUT2D eigenvalue weighted by molar-refractivity contribution is 0.266. The quantitative estimate of drug-likeness (QED) is 0.665. The second-order valence-corrected chi connectivity index (χ2v) is 5.68. The fourth-order valence-electron chi connectivity index (χ4n) is 2.71. The molecule has 1 aromatic rings. The number of guanidine groups is 1. The molecule has 1 N–H and O–H groups in total. The largest absolute Gasteiger partial charge is 0.352 e. The molecule has 110 valence electrons. The maximum Gasteiger partial charge on any atom is 0.193 e. The third kappa shape index (κ3) is 3.71. The Morgan fingerprint density at radius 2 is 2.30 bits per heavy atom. The van der Waals surface area contributed by atoms with Crippen LogP contribution < -0.4 is 5.32 Å². The number of nitrogens with one attached hydrogen (secondary N) is 1. The van der Waals surface area contributed by atoms with E-state index in [-0.39, 0.29) is 5.82 Å². The zero-order valence-corrected chi connectivity index (χ0v) is 12.6. The van der Waals surface area contributed by atoms with Gasteiger partial charge in [-0.15, -0.1) is 0 Å². The van der Waals surface area contributed by atoms with Crippen molar-refractivity contribution in [3.8, 4) is 0 Å². The number of hydrogen-bond acceptors (Lipinski definition) is 1. The summed E-state index contributed by atoms with van der Waals surface area (Å²) in [4.78, 5) is 6.67. The second-order valence-electron chi connectivity index (χ2n) is 5.68. The van der Waals surface area contributed by atoms with Gasteiger partial charge in [-0.25, -0.2) is 4.39 Å². The number of piperidine rings is 1. The van der Waals surface area contributed by atoms with E-state index in [4.69, 9.17) is 0 Å². The van der Waals surface area contributed by atoms with E-state index in [0.29, 0.717) is 12.1 Å². The molecule has 0 spiro atoms. The van der Waals surface area contributed by atoms with Crippen molar-refractivity contribution in [2.45, 2.75) is 33.2 Å². The van der Waals surface area contributed by atoms with Crippen LogP contribution in [0.1, 0.15) is 30.9 Å². The van der Waals surface area contributed by atoms with Gasteiger partial charge in [0.15, 0.2) is 5.96 Å². The van der Waals surface area contributed by atoms with Gasteiger partial charge < -0.3 is 10.2 Å². The van der Waals surface area contributed by atoms with Gasteiger partial charge >= 0.3 is 0 Å². The summed E-state index contributed by atoms with van der Waals surface area (Å²) < 4.78 is 13.2. The lowest BCUT2D eigenvalue weighted by atomic mass is 10.0. The number of benzene rings is 1. The van der Waals surface area contributed by atoms with Crippen LogP contribution in [0.15, 0.2) is 23.2 Å². The summed E-state index contributed by atoms with van der Waals surface area (Å²) >= 11 is 0. The molecule has 0 radical (unpaired) electrons. The van der Waals surface area contributed by atoms with Crippen molar-refractivity contribution >= 4 is 5.96 Å². The predicted octanol–water partition coefficient (Wildman–Crippen LogP) is 2.94. The third-order valence-corrected chi connectivity index (χ3v) is 3.84. The maximum atomic E-state index is 13.2. The summed E-state index contributed by atoms with van der Waals surface area (Å²) in [5.41, 5.74) is 1.76. The fourth-order valence-corrected chi connectivity index (χ4v) is 2.71. The molecule has 1 atom stereocenters. The van der Waals surface area contributed by atoms with Gasteiger partial charge in [0.2, 0.25) is 0 Å². The molecule has 0 aliphatic carbocycles. The SMILES string of the molecule is CN=C(NCc1ccc(F)c(C)c1)N1CCCC(C)C1. The van der Waals surface area contributed by atoms with Crippen molar-refractivity contribution in [2.75, 3.05) is 20.1 Å². The Labute approximate surface area is 120 Å². The summed E-state index contributed by atoms with van der Waals surface area (Å²) in [6, 6.07) is 5.23. The molecule has 1 aliphatic rings. The topological polar surface area (TPSA) is 27.6 Å². The minimum atomic E-state index is -0.150. The molecule has 2 rings (SSSR count). The molecule has 4 heteroatoms. The van der Waals surface area contributed by atoms with E-state index in [1.807, 2.05) is 19.2 Å². The van der Waals surface area contributed by atoms with Gasteiger partial charge in [0.05, 0.1) is 0 Å². The minimum Gasteiger partial charge on any atom is -0.352 e. The number of likely N-dealkylation sites (tertiary alicyclic amines) is 1. The lowest BCUT2D eigenvalue weighted by Crippen LogP contribution is -2.45. The third-order valence-electron chi connectivity index (χ3n) is 3.84. The first-order valence-electron chi connectivity index (χ1n) is 7.30. The molecular weight excluding hydrogens is 253 g/mol. The van der Waals surface area contributed by atoms with Gasteiger partial charge in [0, 0.05) is 26.7 Å². The summed E-state index contributed by atoms with van der Waals surface area (Å²) in [7, 11) is 1.82. The number of aliphatic imine (C=N–C) groups is 1. The van der Waals surface area contributed by atoms with E-state index < -0.39 is 0 Å². The highest BCUT2D eigenvalue weighted by Gasteiger charge is 2.18. The normalized spacial score (nSPS) is 20.1.